The first-order chi connectivity index (χ1) is 17.9. The normalized spacial score (nSPS) is 23.4. The van der Waals surface area contributed by atoms with Crippen LogP contribution in [0.5, 0.6) is 0 Å². The van der Waals surface area contributed by atoms with E-state index in [9.17, 15) is 9.59 Å². The van der Waals surface area contributed by atoms with E-state index in [1.807, 2.05) is 66.4 Å². The summed E-state index contributed by atoms with van der Waals surface area (Å²) in [5, 5.41) is 0.637. The molecule has 0 aromatic heterocycles. The Morgan fingerprint density at radius 1 is 1.03 bits per heavy atom. The molecule has 7 heteroatoms. The van der Waals surface area contributed by atoms with Crippen molar-refractivity contribution in [2.75, 3.05) is 0 Å². The van der Waals surface area contributed by atoms with Crippen molar-refractivity contribution in [2.45, 2.75) is 63.3 Å². The largest absolute Gasteiger partial charge is 0.326 e. The van der Waals surface area contributed by atoms with Gasteiger partial charge in [-0.3, -0.25) is 14.4 Å². The second-order valence-corrected chi connectivity index (χ2v) is 10.5. The van der Waals surface area contributed by atoms with Gasteiger partial charge in [0.1, 0.15) is 0 Å². The number of hydrogen-bond acceptors (Lipinski definition) is 4. The van der Waals surface area contributed by atoms with Gasteiger partial charge in [0, 0.05) is 22.7 Å². The van der Waals surface area contributed by atoms with Crippen LogP contribution < -0.4 is 11.2 Å². The van der Waals surface area contributed by atoms with Gasteiger partial charge in [-0.1, -0.05) is 84.6 Å². The molecule has 6 nitrogen and oxygen atoms in total. The Balaban J connectivity index is 1.52. The van der Waals surface area contributed by atoms with Crippen LogP contribution in [0.2, 0.25) is 5.02 Å². The fourth-order valence-corrected chi connectivity index (χ4v) is 5.76. The lowest BCUT2D eigenvalue weighted by molar-refractivity contribution is -0.138. The highest BCUT2D eigenvalue weighted by molar-refractivity contribution is 6.30. The molecule has 4 atom stereocenters. The van der Waals surface area contributed by atoms with E-state index >= 15 is 0 Å². The Bertz CT molecular complexity index is 1260. The number of nitrogens with one attached hydrogen (secondary N) is 1. The van der Waals surface area contributed by atoms with Crippen molar-refractivity contribution in [1.29, 1.82) is 0 Å². The quantitative estimate of drug-likeness (QED) is 0.426. The molecule has 3 aromatic carbocycles. The number of rotatable bonds is 6. The van der Waals surface area contributed by atoms with Gasteiger partial charge in [0.15, 0.2) is 0 Å². The highest BCUT2D eigenvalue weighted by atomic mass is 35.5. The number of aryl methyl sites for hydroxylation is 1. The molecule has 2 amide bonds. The van der Waals surface area contributed by atoms with Crippen LogP contribution in [0.15, 0.2) is 72.8 Å². The van der Waals surface area contributed by atoms with Crippen molar-refractivity contribution in [3.05, 3.63) is 106 Å². The van der Waals surface area contributed by atoms with Gasteiger partial charge < -0.3 is 10.6 Å². The van der Waals surface area contributed by atoms with Crippen molar-refractivity contribution >= 4 is 23.4 Å². The molecule has 5 rings (SSSR count). The summed E-state index contributed by atoms with van der Waals surface area (Å²) in [6.07, 6.45) is 3.73. The smallest absolute Gasteiger partial charge is 0.255 e. The minimum atomic E-state index is -0.657. The van der Waals surface area contributed by atoms with E-state index in [-0.39, 0.29) is 30.5 Å². The number of amides is 2. The van der Waals surface area contributed by atoms with Gasteiger partial charge in [-0.25, -0.2) is 5.48 Å². The minimum Gasteiger partial charge on any atom is -0.326 e. The Kier molecular flexibility index (Phi) is 7.60. The molecule has 3 N–H and O–H groups in total. The summed E-state index contributed by atoms with van der Waals surface area (Å²) >= 11 is 5.98. The van der Waals surface area contributed by atoms with E-state index in [1.165, 1.54) is 0 Å². The summed E-state index contributed by atoms with van der Waals surface area (Å²) in [5.74, 6) is -1.03. The summed E-state index contributed by atoms with van der Waals surface area (Å²) in [6, 6.07) is 21.9. The highest BCUT2D eigenvalue weighted by Crippen LogP contribution is 2.45. The van der Waals surface area contributed by atoms with Crippen molar-refractivity contribution in [3.8, 4) is 0 Å². The van der Waals surface area contributed by atoms with Crippen molar-refractivity contribution in [1.82, 2.24) is 10.4 Å². The van der Waals surface area contributed by atoms with Gasteiger partial charge in [-0.15, -0.1) is 0 Å². The molecule has 0 radical (unpaired) electrons. The molecule has 192 valence electrons. The predicted molar refractivity (Wildman–Crippen MR) is 144 cm³/mol. The molecule has 1 saturated carbocycles. The SMILES string of the molecule is Cc1ccc(C2C(C(=O)NOCc3ccc(Cl)cc3)c3ccccc3C(=O)N2C2CCCCC2N)cc1. The molecule has 1 fully saturated rings. The number of carbonyl (C=O) groups is 2. The zero-order chi connectivity index (χ0) is 25.9. The fraction of sp³-hybridized carbons (Fsp3) is 0.333. The molecule has 1 aliphatic heterocycles. The fourth-order valence-electron chi connectivity index (χ4n) is 5.64. The number of nitrogens with two attached hydrogens (primary N) is 1. The lowest BCUT2D eigenvalue weighted by Gasteiger charge is -2.48. The summed E-state index contributed by atoms with van der Waals surface area (Å²) < 4.78 is 0. The Labute approximate surface area is 222 Å². The summed E-state index contributed by atoms with van der Waals surface area (Å²) in [6.45, 7) is 2.22. The molecule has 1 heterocycles. The van der Waals surface area contributed by atoms with Gasteiger partial charge in [0.2, 0.25) is 0 Å². The average molecular weight is 518 g/mol. The molecule has 3 aromatic rings. The van der Waals surface area contributed by atoms with Crippen LogP contribution >= 0.6 is 11.6 Å². The molecular weight excluding hydrogens is 486 g/mol. The lowest BCUT2D eigenvalue weighted by Crippen LogP contribution is -2.57. The lowest BCUT2D eigenvalue weighted by atomic mass is 9.76. The Hall–Kier alpha value is -3.19. The zero-order valence-electron chi connectivity index (χ0n) is 20.9. The minimum absolute atomic E-state index is 0.0744. The number of hydrogen-bond donors (Lipinski definition) is 2. The van der Waals surface area contributed by atoms with E-state index in [2.05, 4.69) is 5.48 Å². The third-order valence-corrected chi connectivity index (χ3v) is 7.79. The molecular formula is C30H32ClN3O3. The standard InChI is InChI=1S/C30H32ClN3O3/c1-19-10-14-21(15-11-19)28-27(29(35)33-37-18-20-12-16-22(31)17-13-20)23-6-2-3-7-24(23)30(36)34(28)26-9-5-4-8-25(26)32/h2-3,6-7,10-17,25-28H,4-5,8-9,18,32H2,1H3,(H,33,35). The number of fused-ring (bicyclic) bond motifs is 1. The van der Waals surface area contributed by atoms with Crippen LogP contribution in [0.25, 0.3) is 0 Å². The van der Waals surface area contributed by atoms with E-state index in [4.69, 9.17) is 22.2 Å². The number of hydroxylamine groups is 1. The van der Waals surface area contributed by atoms with Gasteiger partial charge in [-0.05, 0) is 54.7 Å². The average Bonchev–Trinajstić information content (AvgIpc) is 2.91. The third kappa shape index (κ3) is 5.28. The van der Waals surface area contributed by atoms with E-state index in [1.54, 1.807) is 18.2 Å². The third-order valence-electron chi connectivity index (χ3n) is 7.54. The maximum Gasteiger partial charge on any atom is 0.255 e. The summed E-state index contributed by atoms with van der Waals surface area (Å²) in [7, 11) is 0. The molecule has 2 aliphatic rings. The molecule has 1 aliphatic carbocycles. The second kappa shape index (κ2) is 11.1. The van der Waals surface area contributed by atoms with E-state index in [0.29, 0.717) is 16.1 Å². The van der Waals surface area contributed by atoms with Gasteiger partial charge in [0.25, 0.3) is 11.8 Å². The summed E-state index contributed by atoms with van der Waals surface area (Å²) in [5.41, 5.74) is 13.4. The molecule has 4 unspecified atom stereocenters. The van der Waals surface area contributed by atoms with Gasteiger partial charge in [-0.2, -0.15) is 0 Å². The van der Waals surface area contributed by atoms with Crippen molar-refractivity contribution < 1.29 is 14.4 Å². The molecule has 0 bridgehead atoms. The predicted octanol–water partition coefficient (Wildman–Crippen LogP) is 5.45. The van der Waals surface area contributed by atoms with Gasteiger partial charge >= 0.3 is 0 Å². The number of nitrogens with zero attached hydrogens (tertiary/aromatic N) is 1. The van der Waals surface area contributed by atoms with E-state index < -0.39 is 12.0 Å². The monoisotopic (exact) mass is 517 g/mol. The topological polar surface area (TPSA) is 84.7 Å². The highest BCUT2D eigenvalue weighted by Gasteiger charge is 2.48. The van der Waals surface area contributed by atoms with Crippen LogP contribution in [0.1, 0.15) is 70.3 Å². The van der Waals surface area contributed by atoms with Crippen LogP contribution in [0.3, 0.4) is 0 Å². The number of carbonyl (C=O) groups excluding carboxylic acids is 2. The summed E-state index contributed by atoms with van der Waals surface area (Å²) in [4.78, 5) is 35.4. The number of benzene rings is 3. The second-order valence-electron chi connectivity index (χ2n) is 10.0. The first kappa shape index (κ1) is 25.5. The van der Waals surface area contributed by atoms with Crippen molar-refractivity contribution in [2.24, 2.45) is 5.73 Å². The maximum absolute atomic E-state index is 14.0. The first-order valence-corrected chi connectivity index (χ1v) is 13.2. The molecule has 37 heavy (non-hydrogen) atoms. The zero-order valence-corrected chi connectivity index (χ0v) is 21.7. The van der Waals surface area contributed by atoms with Crippen LogP contribution in [-0.4, -0.2) is 28.8 Å². The van der Waals surface area contributed by atoms with Gasteiger partial charge in [0.05, 0.1) is 18.6 Å². The first-order valence-electron chi connectivity index (χ1n) is 12.8. The van der Waals surface area contributed by atoms with Crippen LogP contribution in [0, 0.1) is 6.92 Å². The van der Waals surface area contributed by atoms with E-state index in [0.717, 1.165) is 42.4 Å². The van der Waals surface area contributed by atoms with Crippen molar-refractivity contribution in [3.63, 3.8) is 0 Å². The molecule has 0 spiro atoms. The van der Waals surface area contributed by atoms with Crippen LogP contribution in [-0.2, 0) is 16.2 Å². The maximum atomic E-state index is 14.0. The Morgan fingerprint density at radius 3 is 2.46 bits per heavy atom. The molecule has 0 saturated heterocycles. The van der Waals surface area contributed by atoms with Crippen LogP contribution in [0.4, 0.5) is 0 Å². The Morgan fingerprint density at radius 2 is 1.73 bits per heavy atom. The number of halogens is 1.